The van der Waals surface area contributed by atoms with Crippen LogP contribution in [0.1, 0.15) is 25.5 Å². The Morgan fingerprint density at radius 2 is 2.11 bits per heavy atom. The number of aryl methyl sites for hydroxylation is 2. The summed E-state index contributed by atoms with van der Waals surface area (Å²) in [5.74, 6) is 0.945. The minimum atomic E-state index is -0.286. The second-order valence-electron chi connectivity index (χ2n) is 5.56. The second-order valence-corrected chi connectivity index (χ2v) is 5.56. The van der Waals surface area contributed by atoms with E-state index in [-0.39, 0.29) is 18.0 Å². The van der Waals surface area contributed by atoms with Crippen molar-refractivity contribution in [3.05, 3.63) is 11.8 Å². The van der Waals surface area contributed by atoms with Gasteiger partial charge >= 0.3 is 6.03 Å². The minimum absolute atomic E-state index is 0.112. The van der Waals surface area contributed by atoms with Crippen molar-refractivity contribution in [1.29, 1.82) is 0 Å². The molecular weight excluding hydrogens is 244 g/mol. The molecule has 0 radical (unpaired) electrons. The van der Waals surface area contributed by atoms with Crippen molar-refractivity contribution in [2.75, 3.05) is 11.4 Å². The lowest BCUT2D eigenvalue weighted by molar-refractivity contribution is -0.120. The summed E-state index contributed by atoms with van der Waals surface area (Å²) in [6, 6.07) is 1.29. The number of carbonyl (C=O) groups excluding carboxylic acids is 2. The van der Waals surface area contributed by atoms with Crippen LogP contribution in [0.25, 0.3) is 0 Å². The third-order valence-electron chi connectivity index (χ3n) is 4.01. The topological polar surface area (TPSA) is 58.4 Å². The Kier molecular flexibility index (Phi) is 2.62. The van der Waals surface area contributed by atoms with Gasteiger partial charge in [0.05, 0.1) is 5.69 Å². The fraction of sp³-hybridized carbons (Fsp3) is 0.615. The van der Waals surface area contributed by atoms with E-state index in [0.29, 0.717) is 18.3 Å². The zero-order valence-corrected chi connectivity index (χ0v) is 11.5. The first-order valence-electron chi connectivity index (χ1n) is 6.64. The zero-order valence-electron chi connectivity index (χ0n) is 11.5. The molecule has 2 fully saturated rings. The number of rotatable bonds is 1. The maximum absolute atomic E-state index is 12.5. The summed E-state index contributed by atoms with van der Waals surface area (Å²) in [7, 11) is 1.75. The van der Waals surface area contributed by atoms with E-state index < -0.39 is 0 Å². The van der Waals surface area contributed by atoms with Crippen LogP contribution in [0.2, 0.25) is 0 Å². The molecule has 2 saturated heterocycles. The molecule has 2 atom stereocenters. The second kappa shape index (κ2) is 4.08. The van der Waals surface area contributed by atoms with Gasteiger partial charge in [0.15, 0.2) is 0 Å². The van der Waals surface area contributed by atoms with Crippen LogP contribution in [0, 0.1) is 12.8 Å². The molecule has 3 heterocycles. The summed E-state index contributed by atoms with van der Waals surface area (Å²) in [6.45, 7) is 4.65. The maximum atomic E-state index is 12.5. The number of hydrogen-bond acceptors (Lipinski definition) is 3. The number of imide groups is 1. The van der Waals surface area contributed by atoms with Crippen molar-refractivity contribution in [2.24, 2.45) is 13.0 Å². The van der Waals surface area contributed by atoms with E-state index in [0.717, 1.165) is 18.5 Å². The van der Waals surface area contributed by atoms with Crippen LogP contribution in [-0.2, 0) is 11.8 Å². The van der Waals surface area contributed by atoms with Gasteiger partial charge in [-0.25, -0.2) is 9.69 Å². The summed E-state index contributed by atoms with van der Waals surface area (Å²) in [5.41, 5.74) is 0.802. The number of carbonyl (C=O) groups is 2. The lowest BCUT2D eigenvalue weighted by Gasteiger charge is -2.30. The average molecular weight is 262 g/mol. The number of aromatic nitrogens is 2. The maximum Gasteiger partial charge on any atom is 0.333 e. The highest BCUT2D eigenvalue weighted by atomic mass is 16.2. The molecule has 0 unspecified atom stereocenters. The van der Waals surface area contributed by atoms with Crippen molar-refractivity contribution in [1.82, 2.24) is 14.7 Å². The van der Waals surface area contributed by atoms with Crippen molar-refractivity contribution in [3.8, 4) is 0 Å². The van der Waals surface area contributed by atoms with Gasteiger partial charge in [-0.3, -0.25) is 9.48 Å². The van der Waals surface area contributed by atoms with Gasteiger partial charge < -0.3 is 4.90 Å². The van der Waals surface area contributed by atoms with Gasteiger partial charge in [0.2, 0.25) is 0 Å². The Labute approximate surface area is 112 Å². The molecule has 0 aromatic carbocycles. The summed E-state index contributed by atoms with van der Waals surface area (Å²) in [6.07, 6.45) is 1.73. The molecule has 1 aromatic rings. The molecule has 3 rings (SSSR count). The van der Waals surface area contributed by atoms with Crippen LogP contribution in [0.4, 0.5) is 10.6 Å². The molecule has 0 aliphatic carbocycles. The van der Waals surface area contributed by atoms with Crippen molar-refractivity contribution >= 4 is 17.8 Å². The smallest absolute Gasteiger partial charge is 0.312 e. The van der Waals surface area contributed by atoms with Gasteiger partial charge in [-0.05, 0) is 25.7 Å². The fourth-order valence-electron chi connectivity index (χ4n) is 2.99. The quantitative estimate of drug-likeness (QED) is 0.717. The van der Waals surface area contributed by atoms with Crippen LogP contribution >= 0.6 is 0 Å². The molecule has 102 valence electrons. The van der Waals surface area contributed by atoms with Crippen LogP contribution in [0.15, 0.2) is 6.07 Å². The number of hydrogen-bond donors (Lipinski definition) is 0. The van der Waals surface area contributed by atoms with Gasteiger partial charge in [0.1, 0.15) is 11.9 Å². The van der Waals surface area contributed by atoms with E-state index in [2.05, 4.69) is 12.0 Å². The summed E-state index contributed by atoms with van der Waals surface area (Å²) >= 11 is 0. The van der Waals surface area contributed by atoms with E-state index in [1.54, 1.807) is 22.7 Å². The summed E-state index contributed by atoms with van der Waals surface area (Å²) < 4.78 is 1.59. The van der Waals surface area contributed by atoms with Crippen molar-refractivity contribution in [3.63, 3.8) is 0 Å². The normalized spacial score (nSPS) is 27.1. The Bertz CT molecular complexity index is 551. The molecule has 0 bridgehead atoms. The third-order valence-corrected chi connectivity index (χ3v) is 4.01. The largest absolute Gasteiger partial charge is 0.333 e. The van der Waals surface area contributed by atoms with Gasteiger partial charge in [0, 0.05) is 19.7 Å². The van der Waals surface area contributed by atoms with Crippen LogP contribution in [0.3, 0.4) is 0 Å². The first kappa shape index (κ1) is 12.2. The molecule has 6 nitrogen and oxygen atoms in total. The Hall–Kier alpha value is -1.85. The molecule has 0 saturated carbocycles. The van der Waals surface area contributed by atoms with Gasteiger partial charge in [-0.2, -0.15) is 5.10 Å². The van der Waals surface area contributed by atoms with E-state index >= 15 is 0 Å². The molecule has 19 heavy (non-hydrogen) atoms. The monoisotopic (exact) mass is 262 g/mol. The molecular formula is C13H18N4O2. The average Bonchev–Trinajstić information content (AvgIpc) is 2.78. The number of anilines is 1. The first-order valence-corrected chi connectivity index (χ1v) is 6.64. The molecule has 2 aliphatic rings. The van der Waals surface area contributed by atoms with Crippen LogP contribution in [0.5, 0.6) is 0 Å². The van der Waals surface area contributed by atoms with E-state index in [1.807, 2.05) is 6.92 Å². The van der Waals surface area contributed by atoms with Crippen molar-refractivity contribution < 1.29 is 9.59 Å². The lowest BCUT2D eigenvalue weighted by atomic mass is 9.93. The summed E-state index contributed by atoms with van der Waals surface area (Å²) in [5, 5.41) is 4.21. The lowest BCUT2D eigenvalue weighted by Crippen LogP contribution is -2.41. The molecule has 1 aromatic heterocycles. The van der Waals surface area contributed by atoms with Crippen LogP contribution in [-0.4, -0.2) is 39.2 Å². The number of amides is 3. The van der Waals surface area contributed by atoms with Crippen molar-refractivity contribution in [2.45, 2.75) is 32.7 Å². The predicted octanol–water partition coefficient (Wildman–Crippen LogP) is 1.30. The number of nitrogens with zero attached hydrogens (tertiary/aromatic N) is 4. The molecule has 2 aliphatic heterocycles. The highest BCUT2D eigenvalue weighted by Gasteiger charge is 2.48. The zero-order chi connectivity index (χ0) is 13.7. The van der Waals surface area contributed by atoms with Gasteiger partial charge in [-0.15, -0.1) is 0 Å². The standard InChI is InChI=1S/C13H18N4O2/c1-8-4-5-16-10(6-8)12(18)17(13(16)19)11-7-9(2)14-15(11)3/h7-8,10H,4-6H2,1-3H3/t8-,10-/m1/s1. The Morgan fingerprint density at radius 1 is 1.37 bits per heavy atom. The Balaban J connectivity index is 1.97. The minimum Gasteiger partial charge on any atom is -0.312 e. The highest BCUT2D eigenvalue weighted by molar-refractivity contribution is 6.21. The first-order chi connectivity index (χ1) is 8.99. The molecule has 3 amide bonds. The van der Waals surface area contributed by atoms with E-state index in [4.69, 9.17) is 0 Å². The summed E-state index contributed by atoms with van der Waals surface area (Å²) in [4.78, 5) is 27.9. The fourth-order valence-corrected chi connectivity index (χ4v) is 2.99. The number of piperidine rings is 1. The van der Waals surface area contributed by atoms with Gasteiger partial charge in [0.25, 0.3) is 5.91 Å². The highest BCUT2D eigenvalue weighted by Crippen LogP contribution is 2.32. The number of urea groups is 1. The molecule has 0 N–H and O–H groups in total. The third kappa shape index (κ3) is 1.74. The molecule has 0 spiro atoms. The van der Waals surface area contributed by atoms with E-state index in [9.17, 15) is 9.59 Å². The molecule has 6 heteroatoms. The van der Waals surface area contributed by atoms with Gasteiger partial charge in [-0.1, -0.05) is 6.92 Å². The predicted molar refractivity (Wildman–Crippen MR) is 69.7 cm³/mol. The van der Waals surface area contributed by atoms with E-state index in [1.165, 1.54) is 4.90 Å². The van der Waals surface area contributed by atoms with Crippen LogP contribution < -0.4 is 4.90 Å². The Morgan fingerprint density at radius 3 is 2.74 bits per heavy atom. The SMILES string of the molecule is Cc1cc(N2C(=O)[C@H]3C[C@H](C)CCN3C2=O)n(C)n1. The number of fused-ring (bicyclic) bond motifs is 1.